The number of carbonyl (C=O) groups is 2. The Labute approximate surface area is 156 Å². The Balaban J connectivity index is 2.12. The van der Waals surface area contributed by atoms with Crippen molar-refractivity contribution in [2.24, 2.45) is 0 Å². The van der Waals surface area contributed by atoms with Gasteiger partial charge in [0.05, 0.1) is 31.1 Å². The molecule has 138 valence electrons. The summed E-state index contributed by atoms with van der Waals surface area (Å²) in [7, 11) is 2.80. The van der Waals surface area contributed by atoms with Crippen LogP contribution in [0.25, 0.3) is 6.08 Å². The summed E-state index contributed by atoms with van der Waals surface area (Å²) >= 11 is 0. The molecule has 3 rings (SSSR count). The fraction of sp³-hybridized carbons (Fsp3) is 0.143. The maximum Gasteiger partial charge on any atom is 0.340 e. The molecule has 0 saturated heterocycles. The highest BCUT2D eigenvalue weighted by Crippen LogP contribution is 2.36. The third-order valence-corrected chi connectivity index (χ3v) is 4.28. The van der Waals surface area contributed by atoms with Gasteiger partial charge in [-0.05, 0) is 42.8 Å². The largest absolute Gasteiger partial charge is 0.497 e. The van der Waals surface area contributed by atoms with Gasteiger partial charge in [-0.3, -0.25) is 9.69 Å². The summed E-state index contributed by atoms with van der Waals surface area (Å²) in [5.74, 6) is -0.776. The predicted octanol–water partition coefficient (Wildman–Crippen LogP) is 3.71. The summed E-state index contributed by atoms with van der Waals surface area (Å²) in [6.07, 6.45) is 1.55. The van der Waals surface area contributed by atoms with Crippen LogP contribution in [0.2, 0.25) is 0 Å². The molecule has 27 heavy (non-hydrogen) atoms. The zero-order valence-electron chi connectivity index (χ0n) is 15.2. The molecule has 0 unspecified atom stereocenters. The Bertz CT molecular complexity index is 960. The molecule has 1 amide bonds. The predicted molar refractivity (Wildman–Crippen MR) is 99.6 cm³/mol. The van der Waals surface area contributed by atoms with Crippen LogP contribution in [-0.2, 0) is 14.3 Å². The summed E-state index contributed by atoms with van der Waals surface area (Å²) in [5, 5.41) is 0. The van der Waals surface area contributed by atoms with Crippen LogP contribution in [0.15, 0.2) is 65.4 Å². The van der Waals surface area contributed by atoms with Crippen molar-refractivity contribution in [3.63, 3.8) is 0 Å². The van der Waals surface area contributed by atoms with E-state index < -0.39 is 5.97 Å². The van der Waals surface area contributed by atoms with Gasteiger partial charge >= 0.3 is 5.97 Å². The minimum atomic E-state index is -0.611. The molecule has 1 aliphatic rings. The van der Waals surface area contributed by atoms with E-state index in [9.17, 15) is 14.0 Å². The van der Waals surface area contributed by atoms with Crippen molar-refractivity contribution in [3.8, 4) is 5.75 Å². The Morgan fingerprint density at radius 3 is 2.44 bits per heavy atom. The van der Waals surface area contributed by atoms with Crippen LogP contribution >= 0.6 is 0 Å². The number of hydrogen-bond donors (Lipinski definition) is 0. The van der Waals surface area contributed by atoms with Crippen LogP contribution < -0.4 is 9.64 Å². The summed E-state index contributed by atoms with van der Waals surface area (Å²) in [6.45, 7) is 1.68. The second-order valence-corrected chi connectivity index (χ2v) is 5.90. The van der Waals surface area contributed by atoms with Crippen molar-refractivity contribution < 1.29 is 23.5 Å². The first-order valence-corrected chi connectivity index (χ1v) is 8.21. The summed E-state index contributed by atoms with van der Waals surface area (Å²) < 4.78 is 23.2. The number of ether oxygens (including phenoxy) is 2. The van der Waals surface area contributed by atoms with Gasteiger partial charge in [-0.25, -0.2) is 9.18 Å². The molecule has 1 aliphatic heterocycles. The van der Waals surface area contributed by atoms with E-state index in [4.69, 9.17) is 9.47 Å². The molecule has 0 aliphatic carbocycles. The Hall–Kier alpha value is -3.41. The Morgan fingerprint density at radius 2 is 1.81 bits per heavy atom. The van der Waals surface area contributed by atoms with Crippen molar-refractivity contribution >= 4 is 23.6 Å². The second kappa shape index (κ2) is 7.45. The number of hydrogen-bond acceptors (Lipinski definition) is 4. The van der Waals surface area contributed by atoms with Gasteiger partial charge < -0.3 is 9.47 Å². The first-order chi connectivity index (χ1) is 13.0. The molecule has 0 spiro atoms. The quantitative estimate of drug-likeness (QED) is 0.611. The molecule has 0 aromatic heterocycles. The van der Waals surface area contributed by atoms with Crippen LogP contribution in [0.3, 0.4) is 0 Å². The average molecular weight is 367 g/mol. The molecule has 0 radical (unpaired) electrons. The van der Waals surface area contributed by atoms with Crippen LogP contribution in [0.4, 0.5) is 10.1 Å². The third kappa shape index (κ3) is 3.46. The van der Waals surface area contributed by atoms with E-state index >= 15 is 0 Å². The molecule has 0 N–H and O–H groups in total. The van der Waals surface area contributed by atoms with Gasteiger partial charge in [0, 0.05) is 11.8 Å². The Kier molecular flexibility index (Phi) is 5.07. The van der Waals surface area contributed by atoms with Crippen LogP contribution in [0, 0.1) is 5.82 Å². The van der Waals surface area contributed by atoms with Gasteiger partial charge in [0.1, 0.15) is 11.6 Å². The van der Waals surface area contributed by atoms with Crippen LogP contribution in [-0.4, -0.2) is 26.1 Å². The van der Waals surface area contributed by atoms with Crippen molar-refractivity contribution in [1.82, 2.24) is 0 Å². The van der Waals surface area contributed by atoms with Crippen molar-refractivity contribution in [2.75, 3.05) is 19.1 Å². The second-order valence-electron chi connectivity index (χ2n) is 5.90. The zero-order valence-corrected chi connectivity index (χ0v) is 15.2. The van der Waals surface area contributed by atoms with E-state index in [1.165, 1.54) is 43.4 Å². The fourth-order valence-electron chi connectivity index (χ4n) is 2.97. The van der Waals surface area contributed by atoms with Crippen LogP contribution in [0.1, 0.15) is 12.5 Å². The molecular formula is C21H18FNO4. The molecule has 6 heteroatoms. The number of benzene rings is 2. The van der Waals surface area contributed by atoms with Gasteiger partial charge in [-0.15, -0.1) is 0 Å². The SMILES string of the molecule is COC(=O)C1=C(C)N(c2cccc(OC)c2)C(=O)/C1=C\c1ccc(F)cc1. The first-order valence-electron chi connectivity index (χ1n) is 8.21. The molecule has 0 fully saturated rings. The monoisotopic (exact) mass is 367 g/mol. The maximum absolute atomic E-state index is 13.2. The van der Waals surface area contributed by atoms with Gasteiger partial charge in [-0.1, -0.05) is 18.2 Å². The van der Waals surface area contributed by atoms with E-state index in [-0.39, 0.29) is 22.9 Å². The lowest BCUT2D eigenvalue weighted by molar-refractivity contribution is -0.136. The number of anilines is 1. The fourth-order valence-corrected chi connectivity index (χ4v) is 2.97. The molecule has 2 aromatic rings. The Morgan fingerprint density at radius 1 is 1.11 bits per heavy atom. The van der Waals surface area contributed by atoms with E-state index in [1.54, 1.807) is 37.3 Å². The molecule has 2 aromatic carbocycles. The van der Waals surface area contributed by atoms with Crippen molar-refractivity contribution in [2.45, 2.75) is 6.92 Å². The lowest BCUT2D eigenvalue weighted by Crippen LogP contribution is -2.24. The zero-order chi connectivity index (χ0) is 19.6. The summed E-state index contributed by atoms with van der Waals surface area (Å²) in [5.41, 5.74) is 1.99. The van der Waals surface area contributed by atoms with E-state index in [0.717, 1.165) is 0 Å². The highest BCUT2D eigenvalue weighted by molar-refractivity contribution is 6.23. The topological polar surface area (TPSA) is 55.8 Å². The highest BCUT2D eigenvalue weighted by atomic mass is 19.1. The number of carbonyl (C=O) groups excluding carboxylic acids is 2. The lowest BCUT2D eigenvalue weighted by atomic mass is 10.0. The maximum atomic E-state index is 13.2. The minimum Gasteiger partial charge on any atom is -0.497 e. The molecule has 0 bridgehead atoms. The van der Waals surface area contributed by atoms with Crippen LogP contribution in [0.5, 0.6) is 5.75 Å². The average Bonchev–Trinajstić information content (AvgIpc) is 2.92. The summed E-state index contributed by atoms with van der Waals surface area (Å²) in [4.78, 5) is 26.9. The number of allylic oxidation sites excluding steroid dienone is 1. The molecule has 0 saturated carbocycles. The number of nitrogens with zero attached hydrogens (tertiary/aromatic N) is 1. The smallest absolute Gasteiger partial charge is 0.340 e. The number of halogens is 1. The van der Waals surface area contributed by atoms with E-state index in [1.807, 2.05) is 0 Å². The van der Waals surface area contributed by atoms with E-state index in [0.29, 0.717) is 22.7 Å². The van der Waals surface area contributed by atoms with Gasteiger partial charge in [0.15, 0.2) is 0 Å². The number of esters is 1. The van der Waals surface area contributed by atoms with Gasteiger partial charge in [0.25, 0.3) is 5.91 Å². The normalized spacial score (nSPS) is 15.5. The molecule has 5 nitrogen and oxygen atoms in total. The molecular weight excluding hydrogens is 349 g/mol. The highest BCUT2D eigenvalue weighted by Gasteiger charge is 2.38. The lowest BCUT2D eigenvalue weighted by Gasteiger charge is -2.18. The number of amides is 1. The van der Waals surface area contributed by atoms with Crippen molar-refractivity contribution in [1.29, 1.82) is 0 Å². The number of rotatable bonds is 4. The summed E-state index contributed by atoms with van der Waals surface area (Å²) in [6, 6.07) is 12.6. The molecule has 1 heterocycles. The van der Waals surface area contributed by atoms with E-state index in [2.05, 4.69) is 0 Å². The van der Waals surface area contributed by atoms with Crippen molar-refractivity contribution in [3.05, 3.63) is 76.8 Å². The molecule has 0 atom stereocenters. The third-order valence-electron chi connectivity index (χ3n) is 4.28. The number of methoxy groups -OCH3 is 2. The standard InChI is InChI=1S/C21H18FNO4/c1-13-19(21(25)27-3)18(11-14-7-9-15(22)10-8-14)20(24)23(13)16-5-4-6-17(12-16)26-2/h4-12H,1-3H3/b18-11-. The van der Waals surface area contributed by atoms with Gasteiger partial charge in [0.2, 0.25) is 0 Å². The van der Waals surface area contributed by atoms with Gasteiger partial charge in [-0.2, -0.15) is 0 Å². The minimum absolute atomic E-state index is 0.176. The first kappa shape index (κ1) is 18.4.